The molecule has 0 saturated heterocycles. The van der Waals surface area contributed by atoms with Gasteiger partial charge in [-0.15, -0.1) is 0 Å². The van der Waals surface area contributed by atoms with Crippen molar-refractivity contribution in [2.24, 2.45) is 5.73 Å². The van der Waals surface area contributed by atoms with Crippen LogP contribution in [0.4, 0.5) is 5.69 Å². The van der Waals surface area contributed by atoms with Crippen molar-refractivity contribution in [1.82, 2.24) is 5.32 Å². The highest BCUT2D eigenvalue weighted by atomic mass is 16.6. The lowest BCUT2D eigenvalue weighted by Crippen LogP contribution is -2.31. The van der Waals surface area contributed by atoms with Crippen molar-refractivity contribution in [3.8, 4) is 0 Å². The molecule has 0 aliphatic heterocycles. The van der Waals surface area contributed by atoms with Crippen molar-refractivity contribution in [3.63, 3.8) is 0 Å². The first kappa shape index (κ1) is 13.6. The fraction of sp³-hybridized carbons (Fsp3) is 0.455. The molecule has 0 amide bonds. The Morgan fingerprint density at radius 1 is 1.41 bits per heavy atom. The van der Waals surface area contributed by atoms with Crippen LogP contribution < -0.4 is 11.1 Å². The lowest BCUT2D eigenvalue weighted by atomic mass is 10.1. The SMILES string of the molecule is NCCNCC(O)Cc1ccc([N+](=O)[O-])cc1. The molecule has 0 aliphatic rings. The zero-order valence-electron chi connectivity index (χ0n) is 9.50. The average Bonchev–Trinajstić information content (AvgIpc) is 2.30. The van der Waals surface area contributed by atoms with E-state index >= 15 is 0 Å². The molecule has 4 N–H and O–H groups in total. The summed E-state index contributed by atoms with van der Waals surface area (Å²) in [7, 11) is 0. The first-order valence-corrected chi connectivity index (χ1v) is 5.45. The summed E-state index contributed by atoms with van der Waals surface area (Å²) in [6.07, 6.45) is -0.0433. The van der Waals surface area contributed by atoms with Gasteiger partial charge in [-0.1, -0.05) is 12.1 Å². The van der Waals surface area contributed by atoms with Gasteiger partial charge in [-0.25, -0.2) is 0 Å². The van der Waals surface area contributed by atoms with Gasteiger partial charge in [0.15, 0.2) is 0 Å². The van der Waals surface area contributed by atoms with Crippen molar-refractivity contribution in [2.45, 2.75) is 12.5 Å². The average molecular weight is 239 g/mol. The Morgan fingerprint density at radius 3 is 2.59 bits per heavy atom. The Balaban J connectivity index is 2.43. The van der Waals surface area contributed by atoms with Crippen molar-refractivity contribution >= 4 is 5.69 Å². The molecule has 1 atom stereocenters. The summed E-state index contributed by atoms with van der Waals surface area (Å²) in [5.41, 5.74) is 6.24. The maximum absolute atomic E-state index is 10.4. The van der Waals surface area contributed by atoms with Crippen LogP contribution in [-0.2, 0) is 6.42 Å². The molecule has 0 fully saturated rings. The predicted octanol–water partition coefficient (Wildman–Crippen LogP) is 0.0465. The Hall–Kier alpha value is -1.50. The third kappa shape index (κ3) is 4.90. The predicted molar refractivity (Wildman–Crippen MR) is 64.7 cm³/mol. The summed E-state index contributed by atoms with van der Waals surface area (Å²) in [5.74, 6) is 0. The Bertz CT molecular complexity index is 353. The maximum atomic E-state index is 10.4. The maximum Gasteiger partial charge on any atom is 0.269 e. The molecular weight excluding hydrogens is 222 g/mol. The summed E-state index contributed by atoms with van der Waals surface area (Å²) in [6, 6.07) is 6.19. The Kier molecular flexibility index (Phi) is 5.55. The van der Waals surface area contributed by atoms with Crippen LogP contribution in [0, 0.1) is 10.1 Å². The first-order valence-electron chi connectivity index (χ1n) is 5.45. The van der Waals surface area contributed by atoms with E-state index in [1.165, 1.54) is 12.1 Å². The van der Waals surface area contributed by atoms with Crippen LogP contribution in [0.2, 0.25) is 0 Å². The topological polar surface area (TPSA) is 101 Å². The molecule has 0 saturated carbocycles. The minimum atomic E-state index is -0.511. The van der Waals surface area contributed by atoms with E-state index in [4.69, 9.17) is 5.73 Å². The normalized spacial score (nSPS) is 12.4. The number of nitro groups is 1. The van der Waals surface area contributed by atoms with E-state index in [2.05, 4.69) is 5.32 Å². The van der Waals surface area contributed by atoms with Crippen LogP contribution in [0.25, 0.3) is 0 Å². The summed E-state index contributed by atoms with van der Waals surface area (Å²) in [5, 5.41) is 23.1. The Morgan fingerprint density at radius 2 is 2.06 bits per heavy atom. The van der Waals surface area contributed by atoms with Crippen LogP contribution in [0.1, 0.15) is 5.56 Å². The Labute approximate surface area is 99.6 Å². The number of nitrogens with one attached hydrogen (secondary N) is 1. The highest BCUT2D eigenvalue weighted by molar-refractivity contribution is 5.33. The van der Waals surface area contributed by atoms with E-state index in [0.29, 0.717) is 26.1 Å². The minimum Gasteiger partial charge on any atom is -0.391 e. The number of nitrogens with zero attached hydrogens (tertiary/aromatic N) is 1. The van der Waals surface area contributed by atoms with E-state index in [0.717, 1.165) is 5.56 Å². The number of rotatable bonds is 7. The van der Waals surface area contributed by atoms with Crippen LogP contribution in [0.3, 0.4) is 0 Å². The summed E-state index contributed by atoms with van der Waals surface area (Å²) >= 11 is 0. The van der Waals surface area contributed by atoms with Gasteiger partial charge in [0, 0.05) is 31.8 Å². The van der Waals surface area contributed by atoms with Gasteiger partial charge in [0.1, 0.15) is 0 Å². The van der Waals surface area contributed by atoms with Crippen LogP contribution in [-0.4, -0.2) is 35.8 Å². The number of hydrogen-bond donors (Lipinski definition) is 3. The van der Waals surface area contributed by atoms with E-state index in [1.54, 1.807) is 12.1 Å². The fourth-order valence-corrected chi connectivity index (χ4v) is 1.47. The molecule has 1 aromatic rings. The highest BCUT2D eigenvalue weighted by Crippen LogP contribution is 2.12. The van der Waals surface area contributed by atoms with Gasteiger partial charge in [-0.3, -0.25) is 10.1 Å². The number of non-ortho nitro benzene ring substituents is 1. The molecular formula is C11H17N3O3. The third-order valence-corrected chi connectivity index (χ3v) is 2.32. The molecule has 0 aromatic heterocycles. The second kappa shape index (κ2) is 6.95. The molecule has 94 valence electrons. The van der Waals surface area contributed by atoms with Crippen LogP contribution in [0.15, 0.2) is 24.3 Å². The van der Waals surface area contributed by atoms with E-state index in [-0.39, 0.29) is 5.69 Å². The molecule has 0 radical (unpaired) electrons. The van der Waals surface area contributed by atoms with Gasteiger partial charge < -0.3 is 16.2 Å². The molecule has 0 aliphatic carbocycles. The van der Waals surface area contributed by atoms with Gasteiger partial charge in [0.05, 0.1) is 11.0 Å². The minimum absolute atomic E-state index is 0.0597. The molecule has 0 heterocycles. The lowest BCUT2D eigenvalue weighted by Gasteiger charge is -2.11. The number of benzene rings is 1. The lowest BCUT2D eigenvalue weighted by molar-refractivity contribution is -0.384. The number of nitrogens with two attached hydrogens (primary N) is 1. The van der Waals surface area contributed by atoms with Gasteiger partial charge in [-0.05, 0) is 12.0 Å². The van der Waals surface area contributed by atoms with Gasteiger partial charge in [0.2, 0.25) is 0 Å². The monoisotopic (exact) mass is 239 g/mol. The molecule has 1 aromatic carbocycles. The molecule has 6 nitrogen and oxygen atoms in total. The number of aliphatic hydroxyl groups is 1. The molecule has 0 spiro atoms. The number of nitro benzene ring substituents is 1. The van der Waals surface area contributed by atoms with Crippen molar-refractivity contribution in [3.05, 3.63) is 39.9 Å². The van der Waals surface area contributed by atoms with E-state index < -0.39 is 11.0 Å². The largest absolute Gasteiger partial charge is 0.391 e. The smallest absolute Gasteiger partial charge is 0.269 e. The van der Waals surface area contributed by atoms with E-state index in [1.807, 2.05) is 0 Å². The van der Waals surface area contributed by atoms with Crippen molar-refractivity contribution < 1.29 is 10.0 Å². The summed E-state index contributed by atoms with van der Waals surface area (Å²) in [4.78, 5) is 10.0. The third-order valence-electron chi connectivity index (χ3n) is 2.32. The molecule has 6 heteroatoms. The van der Waals surface area contributed by atoms with Gasteiger partial charge in [-0.2, -0.15) is 0 Å². The number of aliphatic hydroxyl groups excluding tert-OH is 1. The van der Waals surface area contributed by atoms with Crippen molar-refractivity contribution in [2.75, 3.05) is 19.6 Å². The number of hydrogen-bond acceptors (Lipinski definition) is 5. The van der Waals surface area contributed by atoms with Gasteiger partial charge in [0.25, 0.3) is 5.69 Å². The second-order valence-corrected chi connectivity index (χ2v) is 3.77. The fourth-order valence-electron chi connectivity index (χ4n) is 1.47. The molecule has 17 heavy (non-hydrogen) atoms. The summed E-state index contributed by atoms with van der Waals surface area (Å²) in [6.45, 7) is 1.66. The molecule has 1 rings (SSSR count). The molecule has 0 bridgehead atoms. The summed E-state index contributed by atoms with van der Waals surface area (Å²) < 4.78 is 0. The molecule has 1 unspecified atom stereocenters. The van der Waals surface area contributed by atoms with Gasteiger partial charge >= 0.3 is 0 Å². The van der Waals surface area contributed by atoms with Crippen molar-refractivity contribution in [1.29, 1.82) is 0 Å². The highest BCUT2D eigenvalue weighted by Gasteiger charge is 2.07. The second-order valence-electron chi connectivity index (χ2n) is 3.77. The van der Waals surface area contributed by atoms with E-state index in [9.17, 15) is 15.2 Å². The quantitative estimate of drug-likeness (QED) is 0.354. The zero-order valence-corrected chi connectivity index (χ0v) is 9.50. The zero-order chi connectivity index (χ0) is 12.7. The first-order chi connectivity index (χ1) is 8.13. The van der Waals surface area contributed by atoms with Crippen LogP contribution in [0.5, 0.6) is 0 Å². The standard InChI is InChI=1S/C11H17N3O3/c12-5-6-13-8-11(15)7-9-1-3-10(4-2-9)14(16)17/h1-4,11,13,15H,5-8,12H2. The van der Waals surface area contributed by atoms with Crippen LogP contribution >= 0.6 is 0 Å².